The van der Waals surface area contributed by atoms with Gasteiger partial charge in [0.1, 0.15) is 17.6 Å². The van der Waals surface area contributed by atoms with Crippen LogP contribution in [0.25, 0.3) is 0 Å². The normalized spacial score (nSPS) is 19.0. The van der Waals surface area contributed by atoms with Crippen LogP contribution in [0.15, 0.2) is 35.8 Å². The summed E-state index contributed by atoms with van der Waals surface area (Å²) in [5, 5.41) is 12.2. The number of hydrogen-bond acceptors (Lipinski definition) is 4. The fraction of sp³-hybridized carbons (Fsp3) is 0.538. The number of alkyl halides is 3. The van der Waals surface area contributed by atoms with Crippen molar-refractivity contribution in [2.75, 3.05) is 19.7 Å². The van der Waals surface area contributed by atoms with Crippen molar-refractivity contribution in [2.24, 2.45) is 5.73 Å². The Morgan fingerprint density at radius 2 is 1.95 bits per heavy atom. The van der Waals surface area contributed by atoms with Crippen LogP contribution >= 0.6 is 0 Å². The van der Waals surface area contributed by atoms with Gasteiger partial charge in [0.25, 0.3) is 0 Å². The summed E-state index contributed by atoms with van der Waals surface area (Å²) in [6.45, 7) is 4.70. The van der Waals surface area contributed by atoms with Gasteiger partial charge in [-0.15, -0.1) is 0 Å². The van der Waals surface area contributed by atoms with Crippen LogP contribution < -0.4 is 11.1 Å². The van der Waals surface area contributed by atoms with Crippen LogP contribution in [0.3, 0.4) is 0 Å². The lowest BCUT2D eigenvalue weighted by Crippen LogP contribution is -2.32. The van der Waals surface area contributed by atoms with E-state index in [0.717, 1.165) is 25.9 Å². The number of rotatable bonds is 5. The van der Waals surface area contributed by atoms with Gasteiger partial charge in [-0.25, -0.2) is 0 Å². The molecule has 1 aliphatic rings. The maximum atomic E-state index is 12.3. The Hall–Kier alpha value is -1.47. The van der Waals surface area contributed by atoms with Gasteiger partial charge in [-0.05, 0) is 43.7 Å². The van der Waals surface area contributed by atoms with Crippen LogP contribution in [0.5, 0.6) is 0 Å². The lowest BCUT2D eigenvalue weighted by atomic mass is 10.1. The molecule has 1 fully saturated rings. The molecule has 0 aromatic rings. The quantitative estimate of drug-likeness (QED) is 0.532. The van der Waals surface area contributed by atoms with E-state index in [9.17, 15) is 13.2 Å². The first-order valence-electron chi connectivity index (χ1n) is 6.25. The zero-order valence-electron chi connectivity index (χ0n) is 11.0. The highest BCUT2D eigenvalue weighted by atomic mass is 19.4. The van der Waals surface area contributed by atoms with Crippen molar-refractivity contribution in [3.63, 3.8) is 0 Å². The van der Waals surface area contributed by atoms with E-state index in [0.29, 0.717) is 6.08 Å². The van der Waals surface area contributed by atoms with Gasteiger partial charge in [0.05, 0.1) is 6.61 Å². The van der Waals surface area contributed by atoms with E-state index in [-0.39, 0.29) is 17.4 Å². The second-order valence-electron chi connectivity index (χ2n) is 4.51. The van der Waals surface area contributed by atoms with Gasteiger partial charge in [-0.2, -0.15) is 13.2 Å². The van der Waals surface area contributed by atoms with Crippen molar-refractivity contribution in [2.45, 2.75) is 25.1 Å². The summed E-state index contributed by atoms with van der Waals surface area (Å²) in [4.78, 5) is 0. The van der Waals surface area contributed by atoms with E-state index in [1.165, 1.54) is 6.08 Å². The van der Waals surface area contributed by atoms with Gasteiger partial charge in [0.2, 0.25) is 0 Å². The largest absolute Gasteiger partial charge is 0.491 e. The molecule has 0 radical (unpaired) electrons. The number of aliphatic hydroxyl groups is 1. The Kier molecular flexibility index (Phi) is 6.09. The van der Waals surface area contributed by atoms with Crippen LogP contribution in [0.1, 0.15) is 12.8 Å². The molecule has 0 spiro atoms. The van der Waals surface area contributed by atoms with E-state index in [2.05, 4.69) is 11.9 Å². The highest BCUT2D eigenvalue weighted by molar-refractivity contribution is 5.30. The number of halogens is 3. The minimum Gasteiger partial charge on any atom is -0.491 e. The molecule has 1 aliphatic heterocycles. The third-order valence-electron chi connectivity index (χ3n) is 2.80. The van der Waals surface area contributed by atoms with E-state index >= 15 is 0 Å². The van der Waals surface area contributed by atoms with Crippen LogP contribution in [0, 0.1) is 0 Å². The van der Waals surface area contributed by atoms with Crippen molar-refractivity contribution in [1.82, 2.24) is 5.32 Å². The van der Waals surface area contributed by atoms with Crippen LogP contribution in [-0.4, -0.2) is 37.1 Å². The maximum Gasteiger partial charge on any atom is 0.430 e. The fourth-order valence-electron chi connectivity index (χ4n) is 1.78. The molecule has 0 aromatic heterocycles. The van der Waals surface area contributed by atoms with E-state index in [1.54, 1.807) is 0 Å². The number of piperidine rings is 1. The molecule has 4 nitrogen and oxygen atoms in total. The second kappa shape index (κ2) is 7.35. The second-order valence-corrected chi connectivity index (χ2v) is 4.51. The predicted octanol–water partition coefficient (Wildman–Crippen LogP) is 1.59. The topological polar surface area (TPSA) is 67.5 Å². The summed E-state index contributed by atoms with van der Waals surface area (Å²) in [5.74, 6) is 0.215. The molecule has 1 saturated heterocycles. The smallest absolute Gasteiger partial charge is 0.430 e. The van der Waals surface area contributed by atoms with Gasteiger partial charge in [0, 0.05) is 0 Å². The van der Waals surface area contributed by atoms with Crippen molar-refractivity contribution in [3.8, 4) is 0 Å². The Morgan fingerprint density at radius 1 is 1.35 bits per heavy atom. The van der Waals surface area contributed by atoms with Crippen LogP contribution in [0.4, 0.5) is 13.2 Å². The van der Waals surface area contributed by atoms with Crippen molar-refractivity contribution >= 4 is 0 Å². The summed E-state index contributed by atoms with van der Waals surface area (Å²) in [6.07, 6.45) is -1.07. The Balaban J connectivity index is 2.66. The average Bonchev–Trinajstić information content (AvgIpc) is 2.37. The van der Waals surface area contributed by atoms with Crippen LogP contribution in [-0.2, 0) is 4.74 Å². The maximum absolute atomic E-state index is 12.3. The molecule has 0 aromatic carbocycles. The van der Waals surface area contributed by atoms with Crippen LogP contribution in [0.2, 0.25) is 0 Å². The molecule has 0 aliphatic carbocycles. The Morgan fingerprint density at radius 3 is 2.45 bits per heavy atom. The van der Waals surface area contributed by atoms with Crippen molar-refractivity contribution < 1.29 is 23.0 Å². The SMILES string of the molecule is C=C(/C=C(\C=C(/N)C(F)(F)F)CO)OC1CCNCC1. The monoisotopic (exact) mass is 292 g/mol. The molecule has 0 amide bonds. The summed E-state index contributed by atoms with van der Waals surface area (Å²) in [5.41, 5.74) is 3.62. The highest BCUT2D eigenvalue weighted by Gasteiger charge is 2.31. The zero-order valence-corrected chi connectivity index (χ0v) is 11.0. The van der Waals surface area contributed by atoms with Crippen molar-refractivity contribution in [1.29, 1.82) is 0 Å². The number of hydrogen-bond donors (Lipinski definition) is 3. The number of nitrogens with two attached hydrogens (primary N) is 1. The molecule has 0 saturated carbocycles. The lowest BCUT2D eigenvalue weighted by Gasteiger charge is -2.24. The van der Waals surface area contributed by atoms with Gasteiger partial charge in [-0.1, -0.05) is 6.58 Å². The fourth-order valence-corrected chi connectivity index (χ4v) is 1.78. The Bertz CT molecular complexity index is 397. The molecule has 7 heteroatoms. The minimum absolute atomic E-state index is 0.00115. The van der Waals surface area contributed by atoms with Crippen molar-refractivity contribution in [3.05, 3.63) is 35.8 Å². The molecule has 0 unspecified atom stereocenters. The standard InChI is InChI=1S/C13H19F3N2O2/c1-9(20-11-2-4-18-5-3-11)6-10(8-19)7-12(17)13(14,15)16/h6-7,11,18-19H,1-5,8,17H2/b10-6+,12-7-. The number of ether oxygens (including phenoxy) is 1. The third-order valence-corrected chi connectivity index (χ3v) is 2.80. The molecule has 20 heavy (non-hydrogen) atoms. The molecule has 114 valence electrons. The lowest BCUT2D eigenvalue weighted by molar-refractivity contribution is -0.0927. The van der Waals surface area contributed by atoms with Gasteiger partial charge in [0.15, 0.2) is 0 Å². The molecule has 0 bridgehead atoms. The predicted molar refractivity (Wildman–Crippen MR) is 69.6 cm³/mol. The first-order chi connectivity index (χ1) is 9.32. The van der Waals surface area contributed by atoms with E-state index < -0.39 is 18.5 Å². The number of allylic oxidation sites excluding steroid dienone is 2. The summed E-state index contributed by atoms with van der Waals surface area (Å²) < 4.78 is 42.4. The average molecular weight is 292 g/mol. The molecule has 1 heterocycles. The van der Waals surface area contributed by atoms with Gasteiger partial charge in [-0.3, -0.25) is 0 Å². The molecule has 0 atom stereocenters. The summed E-state index contributed by atoms with van der Waals surface area (Å²) in [6, 6.07) is 0. The van der Waals surface area contributed by atoms with Gasteiger partial charge < -0.3 is 20.9 Å². The number of nitrogens with one attached hydrogen (secondary N) is 1. The van der Waals surface area contributed by atoms with E-state index in [4.69, 9.17) is 15.6 Å². The first kappa shape index (κ1) is 16.6. The zero-order chi connectivity index (χ0) is 15.2. The first-order valence-corrected chi connectivity index (χ1v) is 6.25. The number of aliphatic hydroxyl groups excluding tert-OH is 1. The molecular weight excluding hydrogens is 273 g/mol. The summed E-state index contributed by atoms with van der Waals surface area (Å²) >= 11 is 0. The molecular formula is C13H19F3N2O2. The van der Waals surface area contributed by atoms with Gasteiger partial charge >= 0.3 is 6.18 Å². The Labute approximate surface area is 115 Å². The third kappa shape index (κ3) is 5.66. The minimum atomic E-state index is -4.62. The van der Waals surface area contributed by atoms with E-state index in [1.807, 2.05) is 0 Å². The summed E-state index contributed by atoms with van der Waals surface area (Å²) in [7, 11) is 0. The molecule has 1 rings (SSSR count). The molecule has 4 N–H and O–H groups in total. The highest BCUT2D eigenvalue weighted by Crippen LogP contribution is 2.23.